The average molecular weight is 216 g/mol. The van der Waals surface area contributed by atoms with Crippen LogP contribution in [0.25, 0.3) is 0 Å². The zero-order valence-corrected chi connectivity index (χ0v) is 8.73. The molecule has 6 N–H and O–H groups in total. The molecule has 0 aromatic carbocycles. The number of oxime groups is 1. The van der Waals surface area contributed by atoms with Crippen molar-refractivity contribution < 1.29 is 14.8 Å². The number of primary amides is 1. The average Bonchev–Trinajstić information content (AvgIpc) is 2.14. The van der Waals surface area contributed by atoms with Crippen molar-refractivity contribution in [3.63, 3.8) is 0 Å². The Labute approximate surface area is 87.5 Å². The minimum Gasteiger partial charge on any atom is -0.409 e. The van der Waals surface area contributed by atoms with Crippen LogP contribution in [0.5, 0.6) is 0 Å². The Morgan fingerprint density at radius 1 is 1.40 bits per heavy atom. The maximum Gasteiger partial charge on any atom is 0.236 e. The normalized spacial score (nSPS) is 13.7. The molecular formula is C8H16N4O3. The van der Waals surface area contributed by atoms with Crippen molar-refractivity contribution in [2.75, 3.05) is 6.54 Å². The van der Waals surface area contributed by atoms with Gasteiger partial charge in [0.2, 0.25) is 11.8 Å². The van der Waals surface area contributed by atoms with E-state index in [4.69, 9.17) is 16.7 Å². The van der Waals surface area contributed by atoms with E-state index in [0.29, 0.717) is 0 Å². The SMILES string of the molecule is CC(C)C(C(=O)NCC(N)=O)C(N)=NO. The van der Waals surface area contributed by atoms with Gasteiger partial charge >= 0.3 is 0 Å². The van der Waals surface area contributed by atoms with Gasteiger partial charge in [-0.1, -0.05) is 19.0 Å². The molecule has 0 rings (SSSR count). The summed E-state index contributed by atoms with van der Waals surface area (Å²) in [5.41, 5.74) is 10.2. The minimum atomic E-state index is -0.769. The third-order valence-corrected chi connectivity index (χ3v) is 1.82. The topological polar surface area (TPSA) is 131 Å². The van der Waals surface area contributed by atoms with Crippen LogP contribution in [0.15, 0.2) is 5.16 Å². The lowest BCUT2D eigenvalue weighted by Crippen LogP contribution is -2.44. The Kier molecular flexibility index (Phi) is 5.14. The first kappa shape index (κ1) is 13.2. The van der Waals surface area contributed by atoms with Crippen molar-refractivity contribution in [3.05, 3.63) is 0 Å². The van der Waals surface area contributed by atoms with Gasteiger partial charge in [-0.25, -0.2) is 0 Å². The highest BCUT2D eigenvalue weighted by molar-refractivity contribution is 6.03. The van der Waals surface area contributed by atoms with Crippen LogP contribution < -0.4 is 16.8 Å². The van der Waals surface area contributed by atoms with Crippen LogP contribution in [-0.4, -0.2) is 29.4 Å². The molecule has 0 spiro atoms. The van der Waals surface area contributed by atoms with Gasteiger partial charge in [0.1, 0.15) is 5.92 Å². The fourth-order valence-corrected chi connectivity index (χ4v) is 1.12. The van der Waals surface area contributed by atoms with Crippen LogP contribution >= 0.6 is 0 Å². The van der Waals surface area contributed by atoms with E-state index < -0.39 is 17.7 Å². The van der Waals surface area contributed by atoms with Crippen molar-refractivity contribution in [1.82, 2.24) is 5.32 Å². The van der Waals surface area contributed by atoms with E-state index in [1.807, 2.05) is 0 Å². The third kappa shape index (κ3) is 4.30. The molecule has 1 atom stereocenters. The second-order valence-electron chi connectivity index (χ2n) is 3.43. The summed E-state index contributed by atoms with van der Waals surface area (Å²) in [6.07, 6.45) is 0. The van der Waals surface area contributed by atoms with E-state index in [9.17, 15) is 9.59 Å². The molecule has 0 heterocycles. The summed E-state index contributed by atoms with van der Waals surface area (Å²) in [7, 11) is 0. The predicted molar refractivity (Wildman–Crippen MR) is 53.9 cm³/mol. The van der Waals surface area contributed by atoms with Crippen LogP contribution in [0.4, 0.5) is 0 Å². The molecule has 7 nitrogen and oxygen atoms in total. The van der Waals surface area contributed by atoms with Crippen molar-refractivity contribution in [3.8, 4) is 0 Å². The fraction of sp³-hybridized carbons (Fsp3) is 0.625. The number of hydrogen-bond acceptors (Lipinski definition) is 4. The summed E-state index contributed by atoms with van der Waals surface area (Å²) >= 11 is 0. The fourth-order valence-electron chi connectivity index (χ4n) is 1.12. The van der Waals surface area contributed by atoms with Crippen molar-refractivity contribution in [2.24, 2.45) is 28.5 Å². The summed E-state index contributed by atoms with van der Waals surface area (Å²) in [6, 6.07) is 0. The van der Waals surface area contributed by atoms with Crippen molar-refractivity contribution in [2.45, 2.75) is 13.8 Å². The smallest absolute Gasteiger partial charge is 0.236 e. The van der Waals surface area contributed by atoms with Gasteiger partial charge in [0, 0.05) is 0 Å². The minimum absolute atomic E-state index is 0.145. The Balaban J connectivity index is 4.51. The quantitative estimate of drug-likeness (QED) is 0.195. The van der Waals surface area contributed by atoms with Crippen molar-refractivity contribution in [1.29, 1.82) is 0 Å². The van der Waals surface area contributed by atoms with Crippen LogP contribution in [0.3, 0.4) is 0 Å². The molecule has 0 fully saturated rings. The summed E-state index contributed by atoms with van der Waals surface area (Å²) in [5.74, 6) is -2.24. The van der Waals surface area contributed by atoms with Crippen LogP contribution in [0.1, 0.15) is 13.8 Å². The lowest BCUT2D eigenvalue weighted by Gasteiger charge is -2.18. The molecule has 0 aliphatic rings. The highest BCUT2D eigenvalue weighted by Crippen LogP contribution is 2.10. The first-order chi connectivity index (χ1) is 6.90. The highest BCUT2D eigenvalue weighted by Gasteiger charge is 2.26. The number of hydrogen-bond donors (Lipinski definition) is 4. The molecule has 1 unspecified atom stereocenters. The zero-order chi connectivity index (χ0) is 12.0. The van der Waals surface area contributed by atoms with Crippen LogP contribution in [0.2, 0.25) is 0 Å². The lowest BCUT2D eigenvalue weighted by molar-refractivity contribution is -0.127. The largest absolute Gasteiger partial charge is 0.409 e. The standard InChI is InChI=1S/C8H16N4O3/c1-4(2)6(7(10)12-15)8(14)11-3-5(9)13/h4,6,15H,3H2,1-2H3,(H2,9,13)(H2,10,12)(H,11,14). The van der Waals surface area contributed by atoms with Crippen LogP contribution in [-0.2, 0) is 9.59 Å². The van der Waals surface area contributed by atoms with E-state index in [-0.39, 0.29) is 18.3 Å². The number of amidine groups is 1. The Morgan fingerprint density at radius 3 is 2.27 bits per heavy atom. The lowest BCUT2D eigenvalue weighted by atomic mass is 9.94. The van der Waals surface area contributed by atoms with Gasteiger partial charge in [-0.2, -0.15) is 0 Å². The van der Waals surface area contributed by atoms with Gasteiger partial charge in [0.05, 0.1) is 6.54 Å². The van der Waals surface area contributed by atoms with Gasteiger partial charge in [-0.05, 0) is 5.92 Å². The summed E-state index contributed by atoms with van der Waals surface area (Å²) in [5, 5.41) is 13.5. The molecule has 0 aliphatic heterocycles. The Hall–Kier alpha value is -1.79. The molecule has 86 valence electrons. The van der Waals surface area contributed by atoms with Gasteiger partial charge < -0.3 is 22.0 Å². The number of amides is 2. The maximum atomic E-state index is 11.5. The molecule has 0 aromatic heterocycles. The van der Waals surface area contributed by atoms with E-state index in [2.05, 4.69) is 10.5 Å². The molecule has 0 radical (unpaired) electrons. The maximum absolute atomic E-state index is 11.5. The number of carbonyl (C=O) groups is 2. The summed E-state index contributed by atoms with van der Waals surface area (Å²) in [6.45, 7) is 3.22. The second kappa shape index (κ2) is 5.84. The number of rotatable bonds is 5. The monoisotopic (exact) mass is 216 g/mol. The van der Waals surface area contributed by atoms with Gasteiger partial charge in [0.15, 0.2) is 5.84 Å². The summed E-state index contributed by atoms with van der Waals surface area (Å²) < 4.78 is 0. The first-order valence-corrected chi connectivity index (χ1v) is 4.43. The highest BCUT2D eigenvalue weighted by atomic mass is 16.4. The Bertz CT molecular complexity index is 275. The molecular weight excluding hydrogens is 200 g/mol. The van der Waals surface area contributed by atoms with Crippen LogP contribution in [0, 0.1) is 11.8 Å². The molecule has 0 saturated carbocycles. The van der Waals surface area contributed by atoms with Gasteiger partial charge in [-0.3, -0.25) is 9.59 Å². The third-order valence-electron chi connectivity index (χ3n) is 1.82. The van der Waals surface area contributed by atoms with Gasteiger partial charge in [0.25, 0.3) is 0 Å². The second-order valence-corrected chi connectivity index (χ2v) is 3.43. The summed E-state index contributed by atoms with van der Waals surface area (Å²) in [4.78, 5) is 21.9. The number of nitrogens with two attached hydrogens (primary N) is 2. The number of carbonyl (C=O) groups excluding carboxylic acids is 2. The van der Waals surface area contributed by atoms with E-state index in [1.165, 1.54) is 0 Å². The molecule has 0 bridgehead atoms. The molecule has 0 aromatic rings. The van der Waals surface area contributed by atoms with Gasteiger partial charge in [-0.15, -0.1) is 0 Å². The Morgan fingerprint density at radius 2 is 1.93 bits per heavy atom. The number of nitrogens with one attached hydrogen (secondary N) is 1. The first-order valence-electron chi connectivity index (χ1n) is 4.43. The molecule has 2 amide bonds. The van der Waals surface area contributed by atoms with E-state index >= 15 is 0 Å². The van der Waals surface area contributed by atoms with E-state index in [1.54, 1.807) is 13.8 Å². The molecule has 15 heavy (non-hydrogen) atoms. The number of nitrogens with zero attached hydrogens (tertiary/aromatic N) is 1. The predicted octanol–water partition coefficient (Wildman–Crippen LogP) is -1.39. The molecule has 0 aliphatic carbocycles. The van der Waals surface area contributed by atoms with Crippen molar-refractivity contribution >= 4 is 17.6 Å². The molecule has 0 saturated heterocycles. The zero-order valence-electron chi connectivity index (χ0n) is 8.73. The molecule has 7 heteroatoms. The van der Waals surface area contributed by atoms with E-state index in [0.717, 1.165) is 0 Å².